The summed E-state index contributed by atoms with van der Waals surface area (Å²) in [6, 6.07) is 0. The average Bonchev–Trinajstić information content (AvgIpc) is 3.23. The van der Waals surface area contributed by atoms with Crippen LogP contribution in [0.5, 0.6) is 0 Å². The highest BCUT2D eigenvalue weighted by Gasteiger charge is 2.39. The number of piperidine rings is 1. The largest absolute Gasteiger partial charge is 0.367 e. The van der Waals surface area contributed by atoms with Gasteiger partial charge in [-0.1, -0.05) is 0 Å². The molecule has 3 heterocycles. The highest BCUT2D eigenvalue weighted by molar-refractivity contribution is 5.87. The van der Waals surface area contributed by atoms with Crippen LogP contribution in [0.1, 0.15) is 45.1 Å². The first-order chi connectivity index (χ1) is 11.8. The molecule has 0 aromatic carbocycles. The molecule has 1 aromatic rings. The van der Waals surface area contributed by atoms with Crippen LogP contribution in [-0.4, -0.2) is 51.8 Å². The standard InChI is InChI=1S/C18H28N4O3/c1-18(2,13-10-20-21(3)11-13)17(24)22-8-6-12(7-9-22)14-4-5-15(25-14)16(19)23/h10-12,14-15H,4-9H2,1-3H3,(H2,19,23)/t14-,15+/m0/s1. The number of carbonyl (C=O) groups is 2. The predicted octanol–water partition coefficient (Wildman–Crippen LogP) is 0.969. The normalized spacial score (nSPS) is 25.3. The van der Waals surface area contributed by atoms with Crippen LogP contribution in [0.25, 0.3) is 0 Å². The third-order valence-corrected chi connectivity index (χ3v) is 5.68. The molecule has 2 fully saturated rings. The smallest absolute Gasteiger partial charge is 0.246 e. The van der Waals surface area contributed by atoms with Crippen molar-refractivity contribution in [1.29, 1.82) is 0 Å². The highest BCUT2D eigenvalue weighted by Crippen LogP contribution is 2.33. The first-order valence-electron chi connectivity index (χ1n) is 9.02. The van der Waals surface area contributed by atoms with Gasteiger partial charge in [0.1, 0.15) is 6.10 Å². The van der Waals surface area contributed by atoms with Crippen LogP contribution in [0, 0.1) is 5.92 Å². The summed E-state index contributed by atoms with van der Waals surface area (Å²) in [4.78, 5) is 26.2. The molecule has 7 heteroatoms. The molecule has 0 spiro atoms. The van der Waals surface area contributed by atoms with Crippen LogP contribution >= 0.6 is 0 Å². The molecule has 2 aliphatic heterocycles. The van der Waals surface area contributed by atoms with Crippen LogP contribution < -0.4 is 5.73 Å². The Morgan fingerprint density at radius 3 is 2.44 bits per heavy atom. The molecule has 0 radical (unpaired) electrons. The van der Waals surface area contributed by atoms with Gasteiger partial charge in [-0.25, -0.2) is 0 Å². The maximum Gasteiger partial charge on any atom is 0.246 e. The number of primary amides is 1. The fraction of sp³-hybridized carbons (Fsp3) is 0.722. The number of nitrogens with zero attached hydrogens (tertiary/aromatic N) is 3. The van der Waals surface area contributed by atoms with Crippen LogP contribution in [0.3, 0.4) is 0 Å². The van der Waals surface area contributed by atoms with E-state index in [1.165, 1.54) is 0 Å². The number of hydrogen-bond donors (Lipinski definition) is 1. The third kappa shape index (κ3) is 3.56. The second-order valence-electron chi connectivity index (χ2n) is 7.80. The summed E-state index contributed by atoms with van der Waals surface area (Å²) >= 11 is 0. The fourth-order valence-electron chi connectivity index (χ4n) is 3.96. The number of carbonyl (C=O) groups excluding carboxylic acids is 2. The molecule has 0 unspecified atom stereocenters. The number of ether oxygens (including phenoxy) is 1. The zero-order valence-electron chi connectivity index (χ0n) is 15.3. The second-order valence-corrected chi connectivity index (χ2v) is 7.80. The summed E-state index contributed by atoms with van der Waals surface area (Å²) in [6.45, 7) is 5.37. The Labute approximate surface area is 148 Å². The molecule has 1 aromatic heterocycles. The average molecular weight is 348 g/mol. The Kier molecular flexibility index (Phi) is 4.86. The lowest BCUT2D eigenvalue weighted by Crippen LogP contribution is -2.48. The summed E-state index contributed by atoms with van der Waals surface area (Å²) in [7, 11) is 1.86. The maximum atomic E-state index is 13.0. The Morgan fingerprint density at radius 2 is 1.92 bits per heavy atom. The van der Waals surface area contributed by atoms with Gasteiger partial charge in [0.15, 0.2) is 0 Å². The summed E-state index contributed by atoms with van der Waals surface area (Å²) in [6.07, 6.45) is 6.74. The van der Waals surface area contributed by atoms with Crippen LogP contribution in [0.4, 0.5) is 0 Å². The molecule has 0 saturated carbocycles. The number of amides is 2. The van der Waals surface area contributed by atoms with Crippen molar-refractivity contribution in [2.75, 3.05) is 13.1 Å². The molecule has 3 rings (SSSR count). The molecule has 2 saturated heterocycles. The lowest BCUT2D eigenvalue weighted by Gasteiger charge is -2.38. The van der Waals surface area contributed by atoms with E-state index in [0.29, 0.717) is 12.3 Å². The van der Waals surface area contributed by atoms with Gasteiger partial charge in [-0.05, 0) is 45.4 Å². The van der Waals surface area contributed by atoms with Crippen molar-refractivity contribution < 1.29 is 14.3 Å². The fourth-order valence-corrected chi connectivity index (χ4v) is 3.96. The Hall–Kier alpha value is -1.89. The number of nitrogens with two attached hydrogens (primary N) is 1. The lowest BCUT2D eigenvalue weighted by atomic mass is 9.83. The molecule has 25 heavy (non-hydrogen) atoms. The van der Waals surface area contributed by atoms with E-state index in [9.17, 15) is 9.59 Å². The van der Waals surface area contributed by atoms with Gasteiger partial charge in [-0.2, -0.15) is 5.10 Å². The number of aromatic nitrogens is 2. The van der Waals surface area contributed by atoms with Gasteiger partial charge in [0.05, 0.1) is 17.7 Å². The minimum absolute atomic E-state index is 0.0982. The van der Waals surface area contributed by atoms with Gasteiger partial charge < -0.3 is 15.4 Å². The van der Waals surface area contributed by atoms with Gasteiger partial charge in [-0.15, -0.1) is 0 Å². The van der Waals surface area contributed by atoms with E-state index in [2.05, 4.69) is 5.10 Å². The molecule has 138 valence electrons. The van der Waals surface area contributed by atoms with Gasteiger partial charge in [0.25, 0.3) is 0 Å². The van der Waals surface area contributed by atoms with Crippen molar-refractivity contribution in [2.24, 2.45) is 18.7 Å². The lowest BCUT2D eigenvalue weighted by molar-refractivity contribution is -0.138. The first-order valence-corrected chi connectivity index (χ1v) is 9.02. The highest BCUT2D eigenvalue weighted by atomic mass is 16.5. The van der Waals surface area contributed by atoms with Crippen molar-refractivity contribution in [1.82, 2.24) is 14.7 Å². The van der Waals surface area contributed by atoms with E-state index in [0.717, 1.165) is 37.9 Å². The summed E-state index contributed by atoms with van der Waals surface area (Å²) < 4.78 is 7.53. The summed E-state index contributed by atoms with van der Waals surface area (Å²) in [5.41, 5.74) is 5.69. The van der Waals surface area contributed by atoms with Crippen molar-refractivity contribution in [2.45, 2.75) is 57.2 Å². The SMILES string of the molecule is Cn1cc(C(C)(C)C(=O)N2CCC([C@@H]3CC[C@H](C(N)=O)O3)CC2)cn1. The molecule has 2 amide bonds. The molecule has 2 aliphatic rings. The van der Waals surface area contributed by atoms with Crippen LogP contribution in [-0.2, 0) is 26.8 Å². The molecule has 0 bridgehead atoms. The van der Waals surface area contributed by atoms with Gasteiger partial charge in [-0.3, -0.25) is 14.3 Å². The van der Waals surface area contributed by atoms with Gasteiger partial charge >= 0.3 is 0 Å². The second kappa shape index (κ2) is 6.78. The minimum Gasteiger partial charge on any atom is -0.367 e. The number of hydrogen-bond acceptors (Lipinski definition) is 4. The third-order valence-electron chi connectivity index (χ3n) is 5.68. The Morgan fingerprint density at radius 1 is 1.24 bits per heavy atom. The zero-order valence-corrected chi connectivity index (χ0v) is 15.3. The quantitative estimate of drug-likeness (QED) is 0.878. The van der Waals surface area contributed by atoms with Crippen LogP contribution in [0.15, 0.2) is 12.4 Å². The summed E-state index contributed by atoms with van der Waals surface area (Å²) in [5.74, 6) is 0.171. The molecule has 0 aliphatic carbocycles. The Balaban J connectivity index is 1.57. The number of rotatable bonds is 4. The van der Waals surface area contributed by atoms with Gasteiger partial charge in [0.2, 0.25) is 11.8 Å². The molecule has 2 N–H and O–H groups in total. The van der Waals surface area contributed by atoms with E-state index in [1.807, 2.05) is 32.0 Å². The van der Waals surface area contributed by atoms with E-state index in [1.54, 1.807) is 10.9 Å². The van der Waals surface area contributed by atoms with E-state index >= 15 is 0 Å². The van der Waals surface area contributed by atoms with Crippen molar-refractivity contribution in [3.8, 4) is 0 Å². The van der Waals surface area contributed by atoms with E-state index < -0.39 is 11.5 Å². The predicted molar refractivity (Wildman–Crippen MR) is 92.6 cm³/mol. The molecule has 2 atom stereocenters. The number of aryl methyl sites for hydroxylation is 1. The van der Waals surface area contributed by atoms with E-state index in [-0.39, 0.29) is 17.9 Å². The maximum absolute atomic E-state index is 13.0. The van der Waals surface area contributed by atoms with Crippen molar-refractivity contribution >= 4 is 11.8 Å². The van der Waals surface area contributed by atoms with Crippen molar-refractivity contribution in [3.63, 3.8) is 0 Å². The van der Waals surface area contributed by atoms with Crippen molar-refractivity contribution in [3.05, 3.63) is 18.0 Å². The molecular weight excluding hydrogens is 320 g/mol. The molecular formula is C18H28N4O3. The zero-order chi connectivity index (χ0) is 18.2. The Bertz CT molecular complexity index is 647. The first kappa shape index (κ1) is 17.9. The summed E-state index contributed by atoms with van der Waals surface area (Å²) in [5, 5.41) is 4.19. The monoisotopic (exact) mass is 348 g/mol. The van der Waals surface area contributed by atoms with E-state index in [4.69, 9.17) is 10.5 Å². The molecule has 7 nitrogen and oxygen atoms in total. The minimum atomic E-state index is -0.581. The van der Waals surface area contributed by atoms with Crippen LogP contribution in [0.2, 0.25) is 0 Å². The topological polar surface area (TPSA) is 90.5 Å². The number of likely N-dealkylation sites (tertiary alicyclic amines) is 1. The van der Waals surface area contributed by atoms with Gasteiger partial charge in [0, 0.05) is 31.9 Å².